The Morgan fingerprint density at radius 3 is 2.52 bits per heavy atom. The van der Waals surface area contributed by atoms with Crippen molar-refractivity contribution < 1.29 is 14.3 Å². The minimum absolute atomic E-state index is 0.0383. The Morgan fingerprint density at radius 2 is 1.85 bits per heavy atom. The molecule has 0 spiro atoms. The number of amides is 2. The highest BCUT2D eigenvalue weighted by atomic mass is 16.5. The van der Waals surface area contributed by atoms with Gasteiger partial charge in [-0.1, -0.05) is 13.0 Å². The number of piperazine rings is 1. The third-order valence-corrected chi connectivity index (χ3v) is 4.81. The molecule has 1 heterocycles. The van der Waals surface area contributed by atoms with Crippen LogP contribution in [0.4, 0.5) is 0 Å². The SMILES string of the molecule is CCN1CCN(CCCNC(=O)c2cccc(OCC(=O)N(C)C)c2)CC1. The van der Waals surface area contributed by atoms with Crippen molar-refractivity contribution in [2.45, 2.75) is 13.3 Å². The van der Waals surface area contributed by atoms with Gasteiger partial charge < -0.3 is 24.8 Å². The summed E-state index contributed by atoms with van der Waals surface area (Å²) in [5, 5.41) is 2.96. The van der Waals surface area contributed by atoms with Gasteiger partial charge in [0.15, 0.2) is 6.61 Å². The fourth-order valence-electron chi connectivity index (χ4n) is 2.94. The van der Waals surface area contributed by atoms with Crippen molar-refractivity contribution in [2.75, 3.05) is 66.5 Å². The monoisotopic (exact) mass is 376 g/mol. The first-order chi connectivity index (χ1) is 13.0. The molecule has 1 fully saturated rings. The number of ether oxygens (including phenoxy) is 1. The van der Waals surface area contributed by atoms with Crippen LogP contribution in [0, 0.1) is 0 Å². The maximum Gasteiger partial charge on any atom is 0.259 e. The molecule has 2 rings (SSSR count). The predicted molar refractivity (Wildman–Crippen MR) is 106 cm³/mol. The minimum Gasteiger partial charge on any atom is -0.484 e. The van der Waals surface area contributed by atoms with Crippen molar-refractivity contribution in [1.29, 1.82) is 0 Å². The normalized spacial score (nSPS) is 15.4. The molecule has 27 heavy (non-hydrogen) atoms. The molecule has 2 amide bonds. The van der Waals surface area contributed by atoms with Crippen molar-refractivity contribution >= 4 is 11.8 Å². The number of hydrogen-bond acceptors (Lipinski definition) is 5. The number of nitrogens with one attached hydrogen (secondary N) is 1. The van der Waals surface area contributed by atoms with Gasteiger partial charge in [0.05, 0.1) is 0 Å². The zero-order valence-electron chi connectivity index (χ0n) is 16.7. The fourth-order valence-corrected chi connectivity index (χ4v) is 2.94. The van der Waals surface area contributed by atoms with E-state index in [0.29, 0.717) is 17.9 Å². The zero-order chi connectivity index (χ0) is 19.6. The van der Waals surface area contributed by atoms with Gasteiger partial charge in [-0.2, -0.15) is 0 Å². The molecule has 0 bridgehead atoms. The van der Waals surface area contributed by atoms with Gasteiger partial charge in [-0.15, -0.1) is 0 Å². The lowest BCUT2D eigenvalue weighted by molar-refractivity contribution is -0.130. The van der Waals surface area contributed by atoms with Crippen molar-refractivity contribution in [1.82, 2.24) is 20.0 Å². The zero-order valence-corrected chi connectivity index (χ0v) is 16.7. The Bertz CT molecular complexity index is 613. The summed E-state index contributed by atoms with van der Waals surface area (Å²) < 4.78 is 5.46. The van der Waals surface area contributed by atoms with Crippen LogP contribution in [0.5, 0.6) is 5.75 Å². The van der Waals surface area contributed by atoms with Gasteiger partial charge in [-0.3, -0.25) is 9.59 Å². The molecule has 1 aromatic carbocycles. The van der Waals surface area contributed by atoms with E-state index in [1.807, 2.05) is 0 Å². The van der Waals surface area contributed by atoms with Crippen molar-refractivity contribution in [3.8, 4) is 5.75 Å². The van der Waals surface area contributed by atoms with E-state index in [2.05, 4.69) is 22.0 Å². The lowest BCUT2D eigenvalue weighted by Crippen LogP contribution is -2.46. The minimum atomic E-state index is -0.121. The number of nitrogens with zero attached hydrogens (tertiary/aromatic N) is 3. The molecule has 1 aliphatic rings. The molecule has 7 heteroatoms. The van der Waals surface area contributed by atoms with Crippen LogP contribution in [0.3, 0.4) is 0 Å². The van der Waals surface area contributed by atoms with Crippen LogP contribution in [-0.2, 0) is 4.79 Å². The molecule has 150 valence electrons. The molecule has 1 aliphatic heterocycles. The summed E-state index contributed by atoms with van der Waals surface area (Å²) in [6.07, 6.45) is 0.936. The Kier molecular flexibility index (Phi) is 8.54. The summed E-state index contributed by atoms with van der Waals surface area (Å²) in [7, 11) is 3.36. The average Bonchev–Trinajstić information content (AvgIpc) is 2.69. The van der Waals surface area contributed by atoms with Crippen LogP contribution in [-0.4, -0.2) is 93.0 Å². The van der Waals surface area contributed by atoms with Gasteiger partial charge in [-0.05, 0) is 37.7 Å². The first kappa shape index (κ1) is 21.2. The van der Waals surface area contributed by atoms with Gasteiger partial charge in [0.1, 0.15) is 5.75 Å². The van der Waals surface area contributed by atoms with Crippen molar-refractivity contribution in [2.24, 2.45) is 0 Å². The largest absolute Gasteiger partial charge is 0.484 e. The topological polar surface area (TPSA) is 65.1 Å². The number of carbonyl (C=O) groups is 2. The molecular formula is C20H32N4O3. The second-order valence-corrected chi connectivity index (χ2v) is 6.99. The highest BCUT2D eigenvalue weighted by Crippen LogP contribution is 2.13. The summed E-state index contributed by atoms with van der Waals surface area (Å²) in [5.41, 5.74) is 0.543. The first-order valence-corrected chi connectivity index (χ1v) is 9.65. The van der Waals surface area contributed by atoms with E-state index in [1.165, 1.54) is 4.90 Å². The molecule has 1 aromatic rings. The molecule has 1 saturated heterocycles. The summed E-state index contributed by atoms with van der Waals surface area (Å²) in [6.45, 7) is 9.41. The summed E-state index contributed by atoms with van der Waals surface area (Å²) in [5.74, 6) is 0.284. The van der Waals surface area contributed by atoms with E-state index in [0.717, 1.165) is 45.7 Å². The quantitative estimate of drug-likeness (QED) is 0.649. The molecule has 0 unspecified atom stereocenters. The number of hydrogen-bond donors (Lipinski definition) is 1. The molecule has 0 atom stereocenters. The predicted octanol–water partition coefficient (Wildman–Crippen LogP) is 0.911. The fraction of sp³-hybridized carbons (Fsp3) is 0.600. The second-order valence-electron chi connectivity index (χ2n) is 6.99. The van der Waals surface area contributed by atoms with Crippen LogP contribution in [0.25, 0.3) is 0 Å². The smallest absolute Gasteiger partial charge is 0.259 e. The van der Waals surface area contributed by atoms with Crippen LogP contribution in [0.2, 0.25) is 0 Å². The van der Waals surface area contributed by atoms with Gasteiger partial charge >= 0.3 is 0 Å². The van der Waals surface area contributed by atoms with Crippen molar-refractivity contribution in [3.63, 3.8) is 0 Å². The van der Waals surface area contributed by atoms with E-state index in [9.17, 15) is 9.59 Å². The number of likely N-dealkylation sites (N-methyl/N-ethyl adjacent to an activating group) is 2. The van der Waals surface area contributed by atoms with E-state index < -0.39 is 0 Å². The van der Waals surface area contributed by atoms with Gasteiger partial charge in [0.2, 0.25) is 0 Å². The highest BCUT2D eigenvalue weighted by Gasteiger charge is 2.15. The Hall–Kier alpha value is -2.12. The van der Waals surface area contributed by atoms with E-state index in [1.54, 1.807) is 38.4 Å². The summed E-state index contributed by atoms with van der Waals surface area (Å²) in [6, 6.07) is 6.93. The van der Waals surface area contributed by atoms with Gasteiger partial charge in [0, 0.05) is 52.4 Å². The lowest BCUT2D eigenvalue weighted by Gasteiger charge is -2.33. The Balaban J connectivity index is 1.69. The molecule has 0 saturated carbocycles. The van der Waals surface area contributed by atoms with Gasteiger partial charge in [0.25, 0.3) is 11.8 Å². The Morgan fingerprint density at radius 1 is 1.15 bits per heavy atom. The number of rotatable bonds is 9. The molecular weight excluding hydrogens is 344 g/mol. The Labute approximate surface area is 162 Å². The molecule has 1 N–H and O–H groups in total. The maximum atomic E-state index is 12.3. The summed E-state index contributed by atoms with van der Waals surface area (Å²) in [4.78, 5) is 30.3. The number of benzene rings is 1. The second kappa shape index (κ2) is 10.9. The summed E-state index contributed by atoms with van der Waals surface area (Å²) >= 11 is 0. The van der Waals surface area contributed by atoms with E-state index >= 15 is 0 Å². The van der Waals surface area contributed by atoms with Crippen LogP contribution < -0.4 is 10.1 Å². The van der Waals surface area contributed by atoms with E-state index in [4.69, 9.17) is 4.74 Å². The molecule has 0 radical (unpaired) electrons. The highest BCUT2D eigenvalue weighted by molar-refractivity contribution is 5.94. The molecule has 0 aromatic heterocycles. The lowest BCUT2D eigenvalue weighted by atomic mass is 10.2. The standard InChI is InChI=1S/C20H32N4O3/c1-4-23-11-13-24(14-12-23)10-6-9-21-20(26)17-7-5-8-18(15-17)27-16-19(25)22(2)3/h5,7-8,15H,4,6,9-14,16H2,1-3H3,(H,21,26). The van der Waals surface area contributed by atoms with Gasteiger partial charge in [-0.25, -0.2) is 0 Å². The third kappa shape index (κ3) is 7.19. The molecule has 0 aliphatic carbocycles. The molecule has 7 nitrogen and oxygen atoms in total. The number of carbonyl (C=O) groups excluding carboxylic acids is 2. The van der Waals surface area contributed by atoms with Crippen LogP contribution >= 0.6 is 0 Å². The third-order valence-electron chi connectivity index (χ3n) is 4.81. The first-order valence-electron chi connectivity index (χ1n) is 9.65. The maximum absolute atomic E-state index is 12.3. The van der Waals surface area contributed by atoms with Crippen LogP contribution in [0.1, 0.15) is 23.7 Å². The van der Waals surface area contributed by atoms with Crippen molar-refractivity contribution in [3.05, 3.63) is 29.8 Å². The van der Waals surface area contributed by atoms with E-state index in [-0.39, 0.29) is 18.4 Å². The van der Waals surface area contributed by atoms with Crippen LogP contribution in [0.15, 0.2) is 24.3 Å². The average molecular weight is 377 g/mol.